The predicted octanol–water partition coefficient (Wildman–Crippen LogP) is 3.89. The fraction of sp³-hybridized carbons (Fsp3) is 0.500. The van der Waals surface area contributed by atoms with Crippen LogP contribution in [0.3, 0.4) is 0 Å². The summed E-state index contributed by atoms with van der Waals surface area (Å²) in [6.45, 7) is 2.52. The number of halogens is 4. The SMILES string of the molecule is CCN(C(=O)CNc1cc(Br)cc(C(F)(F)F)c1)C1CC1. The minimum absolute atomic E-state index is 0.00189. The van der Waals surface area contributed by atoms with Crippen LogP contribution in [-0.4, -0.2) is 29.9 Å². The topological polar surface area (TPSA) is 32.3 Å². The summed E-state index contributed by atoms with van der Waals surface area (Å²) in [5.41, 5.74) is -0.474. The molecule has 1 aromatic carbocycles. The van der Waals surface area contributed by atoms with Crippen molar-refractivity contribution in [3.63, 3.8) is 0 Å². The number of carbonyl (C=O) groups is 1. The molecule has 1 saturated carbocycles. The van der Waals surface area contributed by atoms with Crippen LogP contribution in [0.25, 0.3) is 0 Å². The van der Waals surface area contributed by atoms with Crippen LogP contribution in [0.1, 0.15) is 25.3 Å². The first-order chi connectivity index (χ1) is 9.81. The summed E-state index contributed by atoms with van der Waals surface area (Å²) in [6, 6.07) is 3.84. The first kappa shape index (κ1) is 16.1. The standard InChI is InChI=1S/C14H16BrF3N2O/c1-2-20(12-3-4-12)13(21)8-19-11-6-9(14(16,17)18)5-10(15)7-11/h5-7,12,19H,2-4,8H2,1H3. The second-order valence-electron chi connectivity index (χ2n) is 4.99. The van der Waals surface area contributed by atoms with Crippen LogP contribution >= 0.6 is 15.9 Å². The molecule has 0 heterocycles. The van der Waals surface area contributed by atoms with Gasteiger partial charge in [-0.3, -0.25) is 4.79 Å². The van der Waals surface area contributed by atoms with E-state index in [2.05, 4.69) is 21.2 Å². The lowest BCUT2D eigenvalue weighted by molar-refractivity contribution is -0.137. The first-order valence-corrected chi connectivity index (χ1v) is 7.51. The normalized spacial score (nSPS) is 14.9. The molecule has 0 aromatic heterocycles. The second kappa shape index (κ2) is 6.25. The van der Waals surface area contributed by atoms with Gasteiger partial charge in [-0.2, -0.15) is 13.2 Å². The van der Waals surface area contributed by atoms with Crippen LogP contribution < -0.4 is 5.32 Å². The first-order valence-electron chi connectivity index (χ1n) is 6.72. The van der Waals surface area contributed by atoms with Gasteiger partial charge in [-0.1, -0.05) is 15.9 Å². The Morgan fingerprint density at radius 2 is 2.05 bits per heavy atom. The molecule has 21 heavy (non-hydrogen) atoms. The van der Waals surface area contributed by atoms with Gasteiger partial charge in [-0.15, -0.1) is 0 Å². The lowest BCUT2D eigenvalue weighted by atomic mass is 10.2. The number of nitrogens with zero attached hydrogens (tertiary/aromatic N) is 1. The Balaban J connectivity index is 2.02. The van der Waals surface area contributed by atoms with E-state index in [9.17, 15) is 18.0 Å². The van der Waals surface area contributed by atoms with Crippen LogP contribution in [0.15, 0.2) is 22.7 Å². The molecule has 0 unspecified atom stereocenters. The summed E-state index contributed by atoms with van der Waals surface area (Å²) < 4.78 is 38.5. The lowest BCUT2D eigenvalue weighted by Crippen LogP contribution is -2.37. The molecule has 1 aliphatic rings. The average Bonchev–Trinajstić information content (AvgIpc) is 3.20. The highest BCUT2D eigenvalue weighted by atomic mass is 79.9. The minimum Gasteiger partial charge on any atom is -0.376 e. The predicted molar refractivity (Wildman–Crippen MR) is 78.0 cm³/mol. The monoisotopic (exact) mass is 364 g/mol. The molecule has 0 radical (unpaired) electrons. The molecule has 116 valence electrons. The van der Waals surface area contributed by atoms with Crippen LogP contribution in [0.2, 0.25) is 0 Å². The van der Waals surface area contributed by atoms with Crippen molar-refractivity contribution in [3.8, 4) is 0 Å². The maximum absolute atomic E-state index is 12.7. The molecule has 3 nitrogen and oxygen atoms in total. The van der Waals surface area contributed by atoms with E-state index in [-0.39, 0.29) is 18.1 Å². The molecule has 7 heteroatoms. The highest BCUT2D eigenvalue weighted by Crippen LogP contribution is 2.33. The van der Waals surface area contributed by atoms with Crippen LogP contribution in [-0.2, 0) is 11.0 Å². The largest absolute Gasteiger partial charge is 0.416 e. The Labute approximate surface area is 129 Å². The Morgan fingerprint density at radius 3 is 2.57 bits per heavy atom. The van der Waals surface area contributed by atoms with E-state index < -0.39 is 11.7 Å². The van der Waals surface area contributed by atoms with E-state index in [1.54, 1.807) is 4.90 Å². The van der Waals surface area contributed by atoms with Crippen molar-refractivity contribution in [2.24, 2.45) is 0 Å². The van der Waals surface area contributed by atoms with Gasteiger partial charge in [0, 0.05) is 22.7 Å². The molecule has 0 atom stereocenters. The number of benzene rings is 1. The number of hydrogen-bond donors (Lipinski definition) is 1. The zero-order valence-corrected chi connectivity index (χ0v) is 13.1. The van der Waals surface area contributed by atoms with Crippen LogP contribution in [0.4, 0.5) is 18.9 Å². The Bertz CT molecular complexity index is 529. The van der Waals surface area contributed by atoms with Gasteiger partial charge < -0.3 is 10.2 Å². The smallest absolute Gasteiger partial charge is 0.376 e. The summed E-state index contributed by atoms with van der Waals surface area (Å²) >= 11 is 3.05. The Morgan fingerprint density at radius 1 is 1.38 bits per heavy atom. The lowest BCUT2D eigenvalue weighted by Gasteiger charge is -2.21. The average molecular weight is 365 g/mol. The number of anilines is 1. The second-order valence-corrected chi connectivity index (χ2v) is 5.91. The highest BCUT2D eigenvalue weighted by Gasteiger charge is 2.32. The third-order valence-corrected chi connectivity index (χ3v) is 3.78. The summed E-state index contributed by atoms with van der Waals surface area (Å²) in [6.07, 6.45) is -2.39. The Kier molecular flexibility index (Phi) is 4.81. The number of carbonyl (C=O) groups excluding carboxylic acids is 1. The molecule has 1 N–H and O–H groups in total. The number of hydrogen-bond acceptors (Lipinski definition) is 2. The van der Waals surface area contributed by atoms with E-state index in [1.807, 2.05) is 6.92 Å². The number of alkyl halides is 3. The number of likely N-dealkylation sites (N-methyl/N-ethyl adjacent to an activating group) is 1. The number of rotatable bonds is 5. The molecule has 0 bridgehead atoms. The van der Waals surface area contributed by atoms with Crippen molar-refractivity contribution < 1.29 is 18.0 Å². The van der Waals surface area contributed by atoms with Crippen molar-refractivity contribution in [1.29, 1.82) is 0 Å². The third kappa shape index (κ3) is 4.36. The van der Waals surface area contributed by atoms with Gasteiger partial charge in [0.25, 0.3) is 0 Å². The van der Waals surface area contributed by atoms with E-state index >= 15 is 0 Å². The number of amides is 1. The van der Waals surface area contributed by atoms with Crippen molar-refractivity contribution in [2.75, 3.05) is 18.4 Å². The fourth-order valence-corrected chi connectivity index (χ4v) is 2.65. The minimum atomic E-state index is -4.41. The highest BCUT2D eigenvalue weighted by molar-refractivity contribution is 9.10. The van der Waals surface area contributed by atoms with Gasteiger partial charge in [0.1, 0.15) is 0 Å². The van der Waals surface area contributed by atoms with E-state index in [0.29, 0.717) is 17.1 Å². The molecule has 0 saturated heterocycles. The quantitative estimate of drug-likeness (QED) is 0.859. The number of nitrogens with one attached hydrogen (secondary N) is 1. The molecule has 0 aliphatic heterocycles. The third-order valence-electron chi connectivity index (χ3n) is 3.32. The van der Waals surface area contributed by atoms with Crippen molar-refractivity contribution in [1.82, 2.24) is 4.90 Å². The van der Waals surface area contributed by atoms with Crippen molar-refractivity contribution in [2.45, 2.75) is 32.0 Å². The van der Waals surface area contributed by atoms with Crippen LogP contribution in [0.5, 0.6) is 0 Å². The molecule has 1 aromatic rings. The molecule has 0 spiro atoms. The van der Waals surface area contributed by atoms with Gasteiger partial charge in [0.05, 0.1) is 12.1 Å². The summed E-state index contributed by atoms with van der Waals surface area (Å²) in [5, 5.41) is 2.77. The molecule has 1 amide bonds. The molecule has 1 aliphatic carbocycles. The van der Waals surface area contributed by atoms with Gasteiger partial charge in [-0.05, 0) is 38.0 Å². The molecule has 2 rings (SSSR count). The van der Waals surface area contributed by atoms with Crippen LogP contribution in [0, 0.1) is 0 Å². The van der Waals surface area contributed by atoms with Gasteiger partial charge >= 0.3 is 6.18 Å². The van der Waals surface area contributed by atoms with Crippen molar-refractivity contribution in [3.05, 3.63) is 28.2 Å². The van der Waals surface area contributed by atoms with Gasteiger partial charge in [0.2, 0.25) is 5.91 Å². The molecular formula is C14H16BrF3N2O. The zero-order valence-electron chi connectivity index (χ0n) is 11.5. The van der Waals surface area contributed by atoms with Gasteiger partial charge in [0.15, 0.2) is 0 Å². The van der Waals surface area contributed by atoms with E-state index in [1.165, 1.54) is 6.07 Å². The van der Waals surface area contributed by atoms with E-state index in [0.717, 1.165) is 25.0 Å². The maximum Gasteiger partial charge on any atom is 0.416 e. The summed E-state index contributed by atoms with van der Waals surface area (Å²) in [7, 11) is 0. The molecular weight excluding hydrogens is 349 g/mol. The molecule has 1 fully saturated rings. The fourth-order valence-electron chi connectivity index (χ4n) is 2.16. The maximum atomic E-state index is 12.7. The van der Waals surface area contributed by atoms with Crippen molar-refractivity contribution >= 4 is 27.5 Å². The zero-order chi connectivity index (χ0) is 15.6. The van der Waals surface area contributed by atoms with Gasteiger partial charge in [-0.25, -0.2) is 0 Å². The summed E-state index contributed by atoms with van der Waals surface area (Å²) in [5.74, 6) is -0.0893. The Hall–Kier alpha value is -1.24. The van der Waals surface area contributed by atoms with E-state index in [4.69, 9.17) is 0 Å². The summed E-state index contributed by atoms with van der Waals surface area (Å²) in [4.78, 5) is 13.8.